The van der Waals surface area contributed by atoms with Gasteiger partial charge in [0.25, 0.3) is 5.91 Å². The highest BCUT2D eigenvalue weighted by Gasteiger charge is 2.38. The van der Waals surface area contributed by atoms with E-state index in [-0.39, 0.29) is 30.6 Å². The Labute approximate surface area is 204 Å². The maximum absolute atomic E-state index is 12.7. The lowest BCUT2D eigenvalue weighted by molar-refractivity contribution is -0.121. The molecule has 0 bridgehead atoms. The van der Waals surface area contributed by atoms with Crippen LogP contribution in [0.4, 0.5) is 5.69 Å². The van der Waals surface area contributed by atoms with E-state index in [9.17, 15) is 14.4 Å². The first-order valence-corrected chi connectivity index (χ1v) is 12.3. The molecule has 35 heavy (non-hydrogen) atoms. The van der Waals surface area contributed by atoms with E-state index in [1.807, 2.05) is 0 Å². The van der Waals surface area contributed by atoms with Crippen LogP contribution in [-0.4, -0.2) is 59.1 Å². The molecule has 0 radical (unpaired) electrons. The van der Waals surface area contributed by atoms with Crippen molar-refractivity contribution in [3.8, 4) is 0 Å². The van der Waals surface area contributed by atoms with E-state index >= 15 is 0 Å². The van der Waals surface area contributed by atoms with Crippen LogP contribution in [0.15, 0.2) is 28.8 Å². The Morgan fingerprint density at radius 3 is 2.54 bits per heavy atom. The van der Waals surface area contributed by atoms with E-state index in [2.05, 4.69) is 20.8 Å². The molecule has 1 aromatic carbocycles. The fourth-order valence-electron chi connectivity index (χ4n) is 4.75. The van der Waals surface area contributed by atoms with Gasteiger partial charge < -0.3 is 24.8 Å². The van der Waals surface area contributed by atoms with Gasteiger partial charge in [0.1, 0.15) is 5.54 Å². The number of amides is 3. The average molecular weight is 484 g/mol. The summed E-state index contributed by atoms with van der Waals surface area (Å²) in [6.45, 7) is 3.69. The van der Waals surface area contributed by atoms with Crippen molar-refractivity contribution in [3.05, 3.63) is 41.5 Å². The first-order valence-electron chi connectivity index (χ1n) is 12.3. The normalized spacial score (nSPS) is 17.9. The zero-order valence-electron chi connectivity index (χ0n) is 20.2. The van der Waals surface area contributed by atoms with Gasteiger partial charge in [0.15, 0.2) is 5.82 Å². The summed E-state index contributed by atoms with van der Waals surface area (Å²) in [6, 6.07) is 6.93. The fourth-order valence-corrected chi connectivity index (χ4v) is 4.75. The zero-order chi connectivity index (χ0) is 24.7. The average Bonchev–Trinajstić information content (AvgIpc) is 3.22. The van der Waals surface area contributed by atoms with Gasteiger partial charge in [0.2, 0.25) is 17.7 Å². The van der Waals surface area contributed by atoms with Crippen LogP contribution >= 0.6 is 0 Å². The number of anilines is 1. The largest absolute Gasteiger partial charge is 0.378 e. The highest BCUT2D eigenvalue weighted by molar-refractivity contribution is 5.97. The summed E-state index contributed by atoms with van der Waals surface area (Å²) in [7, 11) is 0. The SMILES string of the molecule is CC(=O)NC1(c2noc(CCC(=O)Nc3cccc(C(=O)N4CCOCC4)c3)n2)CCCCCC1. The molecule has 2 N–H and O–H groups in total. The van der Waals surface area contributed by atoms with Gasteiger partial charge in [-0.3, -0.25) is 14.4 Å². The first kappa shape index (κ1) is 24.8. The number of hydrogen-bond acceptors (Lipinski definition) is 7. The van der Waals surface area contributed by atoms with Crippen molar-refractivity contribution in [2.45, 2.75) is 63.8 Å². The number of carbonyl (C=O) groups is 3. The van der Waals surface area contributed by atoms with Crippen LogP contribution in [0.3, 0.4) is 0 Å². The van der Waals surface area contributed by atoms with Crippen molar-refractivity contribution in [2.24, 2.45) is 0 Å². The molecule has 2 fully saturated rings. The van der Waals surface area contributed by atoms with Crippen LogP contribution in [0.1, 0.15) is 73.9 Å². The Kier molecular flexibility index (Phi) is 8.12. The van der Waals surface area contributed by atoms with Crippen molar-refractivity contribution in [3.63, 3.8) is 0 Å². The van der Waals surface area contributed by atoms with Gasteiger partial charge in [-0.2, -0.15) is 4.98 Å². The number of aryl methyl sites for hydroxylation is 1. The Hall–Kier alpha value is -3.27. The molecule has 2 aliphatic rings. The molecule has 3 amide bonds. The van der Waals surface area contributed by atoms with E-state index < -0.39 is 5.54 Å². The topological polar surface area (TPSA) is 127 Å². The summed E-state index contributed by atoms with van der Waals surface area (Å²) in [5.74, 6) is 0.438. The molecule has 2 aromatic rings. The fraction of sp³-hybridized carbons (Fsp3) is 0.560. The molecule has 10 heteroatoms. The zero-order valence-corrected chi connectivity index (χ0v) is 20.2. The molecule has 2 heterocycles. The van der Waals surface area contributed by atoms with Gasteiger partial charge in [0.05, 0.1) is 13.2 Å². The van der Waals surface area contributed by atoms with Crippen LogP contribution in [0.2, 0.25) is 0 Å². The highest BCUT2D eigenvalue weighted by Crippen LogP contribution is 2.34. The Balaban J connectivity index is 1.35. The number of nitrogens with zero attached hydrogens (tertiary/aromatic N) is 3. The minimum absolute atomic E-state index is 0.0746. The Bertz CT molecular complexity index is 1040. The molecule has 4 rings (SSSR count). The lowest BCUT2D eigenvalue weighted by Crippen LogP contribution is -2.45. The predicted molar refractivity (Wildman–Crippen MR) is 128 cm³/mol. The number of hydrogen-bond donors (Lipinski definition) is 2. The summed E-state index contributed by atoms with van der Waals surface area (Å²) < 4.78 is 10.7. The molecule has 1 aromatic heterocycles. The number of benzene rings is 1. The van der Waals surface area contributed by atoms with Crippen molar-refractivity contribution < 1.29 is 23.6 Å². The Morgan fingerprint density at radius 2 is 1.83 bits per heavy atom. The van der Waals surface area contributed by atoms with Gasteiger partial charge in [-0.05, 0) is 31.0 Å². The molecular weight excluding hydrogens is 450 g/mol. The van der Waals surface area contributed by atoms with Crippen molar-refractivity contribution >= 4 is 23.4 Å². The maximum Gasteiger partial charge on any atom is 0.254 e. The van der Waals surface area contributed by atoms with Crippen LogP contribution in [0, 0.1) is 0 Å². The molecule has 1 aliphatic carbocycles. The smallest absolute Gasteiger partial charge is 0.254 e. The molecule has 0 spiro atoms. The standard InChI is InChI=1S/C25H33N5O5/c1-18(31)28-25(11-4-2-3-5-12-25)24-27-22(35-29-24)10-9-21(32)26-20-8-6-7-19(17-20)23(33)30-13-15-34-16-14-30/h6-8,17H,2-5,9-16H2,1H3,(H,26,32)(H,28,31). The van der Waals surface area contributed by atoms with Crippen molar-refractivity contribution in [2.75, 3.05) is 31.6 Å². The highest BCUT2D eigenvalue weighted by atomic mass is 16.5. The lowest BCUT2D eigenvalue weighted by Gasteiger charge is -2.30. The van der Waals surface area contributed by atoms with Gasteiger partial charge in [0, 0.05) is 44.1 Å². The van der Waals surface area contributed by atoms with Crippen molar-refractivity contribution in [1.82, 2.24) is 20.4 Å². The molecule has 0 atom stereocenters. The van der Waals surface area contributed by atoms with E-state index in [0.717, 1.165) is 38.5 Å². The van der Waals surface area contributed by atoms with Crippen LogP contribution in [0.5, 0.6) is 0 Å². The second-order valence-corrected chi connectivity index (χ2v) is 9.22. The number of nitrogens with one attached hydrogen (secondary N) is 2. The third kappa shape index (κ3) is 6.45. The number of carbonyl (C=O) groups excluding carboxylic acids is 3. The third-order valence-electron chi connectivity index (χ3n) is 6.53. The summed E-state index contributed by atoms with van der Waals surface area (Å²) in [4.78, 5) is 43.4. The number of rotatable bonds is 7. The molecule has 1 aliphatic heterocycles. The Morgan fingerprint density at radius 1 is 1.09 bits per heavy atom. The molecule has 0 unspecified atom stereocenters. The summed E-state index contributed by atoms with van der Waals surface area (Å²) in [5, 5.41) is 10.1. The lowest BCUT2D eigenvalue weighted by atomic mass is 9.89. The van der Waals surface area contributed by atoms with E-state index in [1.165, 1.54) is 6.92 Å². The van der Waals surface area contributed by atoms with Gasteiger partial charge in [-0.25, -0.2) is 0 Å². The van der Waals surface area contributed by atoms with Gasteiger partial charge in [-0.1, -0.05) is 36.9 Å². The van der Waals surface area contributed by atoms with Crippen LogP contribution in [-0.2, 0) is 26.3 Å². The molecule has 10 nitrogen and oxygen atoms in total. The monoisotopic (exact) mass is 483 g/mol. The number of ether oxygens (including phenoxy) is 1. The van der Waals surface area contributed by atoms with Crippen LogP contribution < -0.4 is 10.6 Å². The van der Waals surface area contributed by atoms with E-state index in [0.29, 0.717) is 49.3 Å². The molecule has 1 saturated carbocycles. The second-order valence-electron chi connectivity index (χ2n) is 9.22. The summed E-state index contributed by atoms with van der Waals surface area (Å²) >= 11 is 0. The van der Waals surface area contributed by atoms with Crippen molar-refractivity contribution in [1.29, 1.82) is 0 Å². The quantitative estimate of drug-likeness (QED) is 0.580. The predicted octanol–water partition coefficient (Wildman–Crippen LogP) is 2.80. The number of aromatic nitrogens is 2. The van der Waals surface area contributed by atoms with Crippen LogP contribution in [0.25, 0.3) is 0 Å². The maximum atomic E-state index is 12.7. The first-order chi connectivity index (χ1) is 16.9. The summed E-state index contributed by atoms with van der Waals surface area (Å²) in [5.41, 5.74) is 0.473. The molecule has 188 valence electrons. The number of morpholine rings is 1. The minimum atomic E-state index is -0.611. The van der Waals surface area contributed by atoms with E-state index in [4.69, 9.17) is 9.26 Å². The molecule has 1 saturated heterocycles. The third-order valence-corrected chi connectivity index (χ3v) is 6.53. The van der Waals surface area contributed by atoms with E-state index in [1.54, 1.807) is 29.2 Å². The van der Waals surface area contributed by atoms with Gasteiger partial charge in [-0.15, -0.1) is 0 Å². The molecular formula is C25H33N5O5. The second kappa shape index (κ2) is 11.4. The minimum Gasteiger partial charge on any atom is -0.378 e. The summed E-state index contributed by atoms with van der Waals surface area (Å²) in [6.07, 6.45) is 6.17. The van der Waals surface area contributed by atoms with Gasteiger partial charge >= 0.3 is 0 Å².